The van der Waals surface area contributed by atoms with Crippen molar-refractivity contribution < 1.29 is 4.79 Å². The van der Waals surface area contributed by atoms with E-state index in [1.54, 1.807) is 25.1 Å². The van der Waals surface area contributed by atoms with Gasteiger partial charge in [-0.15, -0.1) is 21.5 Å². The third-order valence-electron chi connectivity index (χ3n) is 3.84. The number of anilines is 1. The van der Waals surface area contributed by atoms with Crippen molar-refractivity contribution in [3.8, 4) is 10.7 Å². The fraction of sp³-hybridized carbons (Fsp3) is 0.125. The number of benzene rings is 1. The lowest BCUT2D eigenvalue weighted by Crippen LogP contribution is -2.23. The van der Waals surface area contributed by atoms with Crippen molar-refractivity contribution in [1.29, 1.82) is 0 Å². The molecular formula is C16H15N7O2S2. The van der Waals surface area contributed by atoms with E-state index in [0.29, 0.717) is 27.7 Å². The van der Waals surface area contributed by atoms with Gasteiger partial charge in [0.25, 0.3) is 0 Å². The third kappa shape index (κ3) is 3.46. The Morgan fingerprint density at radius 2 is 2.11 bits per heavy atom. The second kappa shape index (κ2) is 6.93. The number of nitrogen functional groups attached to an aromatic ring is 1. The van der Waals surface area contributed by atoms with Crippen molar-refractivity contribution >= 4 is 45.7 Å². The number of nitrogens with two attached hydrogens (primary N) is 1. The second-order valence-electron chi connectivity index (χ2n) is 5.74. The SMILES string of the molecule is CC(Sc1nnc(-c2cccs2)n1N)C(=O)Nc1ccc2[nH]c(=O)[nH]c2c1. The molecule has 1 aromatic carbocycles. The van der Waals surface area contributed by atoms with E-state index < -0.39 is 5.25 Å². The van der Waals surface area contributed by atoms with Gasteiger partial charge in [0.05, 0.1) is 21.2 Å². The summed E-state index contributed by atoms with van der Waals surface area (Å²) in [5.74, 6) is 6.42. The molecule has 138 valence electrons. The van der Waals surface area contributed by atoms with E-state index >= 15 is 0 Å². The number of hydrogen-bond acceptors (Lipinski definition) is 7. The number of carbonyl (C=O) groups is 1. The van der Waals surface area contributed by atoms with Crippen molar-refractivity contribution in [1.82, 2.24) is 24.8 Å². The van der Waals surface area contributed by atoms with Gasteiger partial charge >= 0.3 is 5.69 Å². The molecule has 0 saturated heterocycles. The molecule has 0 bridgehead atoms. The predicted molar refractivity (Wildman–Crippen MR) is 106 cm³/mol. The van der Waals surface area contributed by atoms with Gasteiger partial charge < -0.3 is 21.1 Å². The van der Waals surface area contributed by atoms with Crippen molar-refractivity contribution in [3.63, 3.8) is 0 Å². The molecule has 0 aliphatic carbocycles. The topological polar surface area (TPSA) is 134 Å². The van der Waals surface area contributed by atoms with E-state index in [0.717, 1.165) is 4.88 Å². The van der Waals surface area contributed by atoms with Crippen LogP contribution in [0.4, 0.5) is 5.69 Å². The van der Waals surface area contributed by atoms with Crippen LogP contribution in [0.3, 0.4) is 0 Å². The number of carbonyl (C=O) groups excluding carboxylic acids is 1. The lowest BCUT2D eigenvalue weighted by molar-refractivity contribution is -0.115. The number of hydrogen-bond donors (Lipinski definition) is 4. The molecule has 4 aromatic rings. The van der Waals surface area contributed by atoms with E-state index in [9.17, 15) is 9.59 Å². The van der Waals surface area contributed by atoms with Crippen LogP contribution in [0.1, 0.15) is 6.92 Å². The lowest BCUT2D eigenvalue weighted by Gasteiger charge is -2.11. The van der Waals surface area contributed by atoms with Crippen LogP contribution in [0.15, 0.2) is 45.7 Å². The molecule has 0 fully saturated rings. The summed E-state index contributed by atoms with van der Waals surface area (Å²) in [5, 5.41) is 12.9. The van der Waals surface area contributed by atoms with Crippen molar-refractivity contribution in [2.75, 3.05) is 11.2 Å². The van der Waals surface area contributed by atoms with Crippen LogP contribution in [0, 0.1) is 0 Å². The number of amides is 1. The summed E-state index contributed by atoms with van der Waals surface area (Å²) >= 11 is 2.73. The molecule has 1 unspecified atom stereocenters. The first-order valence-electron chi connectivity index (χ1n) is 7.95. The van der Waals surface area contributed by atoms with Crippen LogP contribution in [0.5, 0.6) is 0 Å². The smallest absolute Gasteiger partial charge is 0.323 e. The number of aromatic nitrogens is 5. The Balaban J connectivity index is 1.46. The molecule has 0 radical (unpaired) electrons. The van der Waals surface area contributed by atoms with E-state index in [-0.39, 0.29) is 11.6 Å². The summed E-state index contributed by atoms with van der Waals surface area (Å²) in [4.78, 5) is 30.0. The average molecular weight is 401 g/mol. The maximum atomic E-state index is 12.5. The number of thiophene rings is 1. The molecule has 11 heteroatoms. The van der Waals surface area contributed by atoms with Gasteiger partial charge in [0.1, 0.15) is 0 Å². The molecule has 0 saturated carbocycles. The van der Waals surface area contributed by atoms with E-state index in [4.69, 9.17) is 5.84 Å². The maximum Gasteiger partial charge on any atom is 0.323 e. The minimum absolute atomic E-state index is 0.210. The summed E-state index contributed by atoms with van der Waals surface area (Å²) in [6, 6.07) is 8.96. The molecule has 0 aliphatic rings. The molecule has 5 N–H and O–H groups in total. The molecule has 3 aromatic heterocycles. The van der Waals surface area contributed by atoms with E-state index in [2.05, 4.69) is 25.5 Å². The van der Waals surface area contributed by atoms with Crippen LogP contribution in [-0.4, -0.2) is 36.0 Å². The monoisotopic (exact) mass is 401 g/mol. The summed E-state index contributed by atoms with van der Waals surface area (Å²) in [6.07, 6.45) is 0. The molecule has 0 spiro atoms. The number of nitrogens with zero attached hydrogens (tertiary/aromatic N) is 3. The van der Waals surface area contributed by atoms with E-state index in [1.165, 1.54) is 27.8 Å². The molecule has 1 atom stereocenters. The van der Waals surface area contributed by atoms with Gasteiger partial charge in [-0.2, -0.15) is 0 Å². The van der Waals surface area contributed by atoms with Gasteiger partial charge in [-0.05, 0) is 36.6 Å². The Bertz CT molecular complexity index is 1160. The lowest BCUT2D eigenvalue weighted by atomic mass is 10.2. The Morgan fingerprint density at radius 3 is 2.89 bits per heavy atom. The van der Waals surface area contributed by atoms with Gasteiger partial charge in [0, 0.05) is 5.69 Å². The number of aromatic amines is 2. The highest BCUT2D eigenvalue weighted by Crippen LogP contribution is 2.27. The third-order valence-corrected chi connectivity index (χ3v) is 5.76. The molecule has 0 aliphatic heterocycles. The van der Waals surface area contributed by atoms with Crippen molar-refractivity contribution in [2.45, 2.75) is 17.3 Å². The first-order valence-corrected chi connectivity index (χ1v) is 9.71. The molecule has 1 amide bonds. The fourth-order valence-electron chi connectivity index (χ4n) is 2.50. The van der Waals surface area contributed by atoms with Gasteiger partial charge in [-0.3, -0.25) is 4.79 Å². The van der Waals surface area contributed by atoms with Gasteiger partial charge in [0.15, 0.2) is 5.82 Å². The highest BCUT2D eigenvalue weighted by Gasteiger charge is 2.20. The Labute approximate surface area is 161 Å². The summed E-state index contributed by atoms with van der Waals surface area (Å²) in [6.45, 7) is 1.76. The average Bonchev–Trinajstić information content (AvgIpc) is 3.35. The highest BCUT2D eigenvalue weighted by molar-refractivity contribution is 8.00. The predicted octanol–water partition coefficient (Wildman–Crippen LogP) is 2.01. The number of rotatable bonds is 5. The number of thioether (sulfide) groups is 1. The maximum absolute atomic E-state index is 12.5. The summed E-state index contributed by atoms with van der Waals surface area (Å²) in [7, 11) is 0. The van der Waals surface area contributed by atoms with E-state index in [1.807, 2.05) is 17.5 Å². The van der Waals surface area contributed by atoms with Crippen LogP contribution < -0.4 is 16.8 Å². The minimum atomic E-state index is -0.450. The van der Waals surface area contributed by atoms with Crippen LogP contribution in [0.25, 0.3) is 21.7 Å². The number of H-pyrrole nitrogens is 2. The summed E-state index contributed by atoms with van der Waals surface area (Å²) in [5.41, 5.74) is 1.60. The Kier molecular flexibility index (Phi) is 4.46. The van der Waals surface area contributed by atoms with Crippen molar-refractivity contribution in [2.24, 2.45) is 0 Å². The van der Waals surface area contributed by atoms with Crippen LogP contribution >= 0.6 is 23.1 Å². The number of fused-ring (bicyclic) bond motifs is 1. The standard InChI is InChI=1S/C16H15N7O2S2/c1-8(27-16-22-21-13(23(16)17)12-3-2-6-26-12)14(24)18-9-4-5-10-11(7-9)20-15(25)19-10/h2-8H,17H2,1H3,(H,18,24)(H2,19,20,25). The van der Waals surface area contributed by atoms with Gasteiger partial charge in [0.2, 0.25) is 11.1 Å². The first kappa shape index (κ1) is 17.4. The molecule has 4 rings (SSSR count). The van der Waals surface area contributed by atoms with Crippen LogP contribution in [0.2, 0.25) is 0 Å². The highest BCUT2D eigenvalue weighted by atomic mass is 32.2. The molecule has 27 heavy (non-hydrogen) atoms. The zero-order chi connectivity index (χ0) is 19.0. The fourth-order valence-corrected chi connectivity index (χ4v) is 3.97. The second-order valence-corrected chi connectivity index (χ2v) is 8.00. The minimum Gasteiger partial charge on any atom is -0.335 e. The van der Waals surface area contributed by atoms with Crippen LogP contribution in [-0.2, 0) is 4.79 Å². The Morgan fingerprint density at radius 1 is 1.30 bits per heavy atom. The largest absolute Gasteiger partial charge is 0.335 e. The first-order chi connectivity index (χ1) is 13.0. The number of nitrogens with one attached hydrogen (secondary N) is 3. The Hall–Kier alpha value is -3.05. The molecule has 9 nitrogen and oxygen atoms in total. The van der Waals surface area contributed by atoms with Gasteiger partial charge in [-0.1, -0.05) is 17.8 Å². The zero-order valence-corrected chi connectivity index (χ0v) is 15.7. The zero-order valence-electron chi connectivity index (χ0n) is 14.1. The quantitative estimate of drug-likeness (QED) is 0.298. The normalized spacial score (nSPS) is 12.3. The summed E-state index contributed by atoms with van der Waals surface area (Å²) < 4.78 is 1.39. The number of imidazole rings is 1. The molecule has 3 heterocycles. The van der Waals surface area contributed by atoms with Gasteiger partial charge in [-0.25, -0.2) is 9.47 Å². The van der Waals surface area contributed by atoms with Crippen molar-refractivity contribution in [3.05, 3.63) is 46.2 Å². The molecular weight excluding hydrogens is 386 g/mol.